The van der Waals surface area contributed by atoms with Gasteiger partial charge in [-0.15, -0.1) is 0 Å². The van der Waals surface area contributed by atoms with Crippen LogP contribution in [0.4, 0.5) is 0 Å². The van der Waals surface area contributed by atoms with Gasteiger partial charge >= 0.3 is 0 Å². The summed E-state index contributed by atoms with van der Waals surface area (Å²) in [5.41, 5.74) is 3.75. The highest BCUT2D eigenvalue weighted by molar-refractivity contribution is 9.10. The van der Waals surface area contributed by atoms with Crippen LogP contribution in [0.5, 0.6) is 0 Å². The largest absolute Gasteiger partial charge is 0.294 e. The Morgan fingerprint density at radius 1 is 1.32 bits per heavy atom. The lowest BCUT2D eigenvalue weighted by molar-refractivity contribution is 0.0989. The van der Waals surface area contributed by atoms with Crippen molar-refractivity contribution in [2.24, 2.45) is 0 Å². The second-order valence-electron chi connectivity index (χ2n) is 4.68. The molecule has 1 heterocycles. The molecule has 0 spiro atoms. The van der Waals surface area contributed by atoms with Crippen molar-refractivity contribution in [1.82, 2.24) is 9.78 Å². The van der Waals surface area contributed by atoms with Crippen LogP contribution in [-0.2, 0) is 13.0 Å². The van der Waals surface area contributed by atoms with Gasteiger partial charge in [-0.05, 0) is 39.0 Å². The van der Waals surface area contributed by atoms with Gasteiger partial charge in [0.25, 0.3) is 0 Å². The van der Waals surface area contributed by atoms with Crippen LogP contribution in [0.15, 0.2) is 28.7 Å². The second kappa shape index (κ2) is 5.70. The van der Waals surface area contributed by atoms with Crippen molar-refractivity contribution in [3.63, 3.8) is 0 Å². The third kappa shape index (κ3) is 3.13. The first-order valence-corrected chi connectivity index (χ1v) is 7.13. The molecule has 19 heavy (non-hydrogen) atoms. The number of halogens is 1. The topological polar surface area (TPSA) is 34.9 Å². The Morgan fingerprint density at radius 2 is 2.05 bits per heavy atom. The normalized spacial score (nSPS) is 10.7. The van der Waals surface area contributed by atoms with E-state index < -0.39 is 0 Å². The third-order valence-electron chi connectivity index (χ3n) is 3.05. The van der Waals surface area contributed by atoms with Crippen LogP contribution in [0, 0.1) is 13.8 Å². The number of hydrogen-bond acceptors (Lipinski definition) is 2. The molecule has 0 bridgehead atoms. The summed E-state index contributed by atoms with van der Waals surface area (Å²) in [6, 6.07) is 7.81. The molecule has 0 aliphatic rings. The Balaban J connectivity index is 2.27. The summed E-state index contributed by atoms with van der Waals surface area (Å²) in [6.07, 6.45) is 0.386. The number of carbonyl (C=O) groups is 1. The number of Topliss-reactive ketones (excluding diaryl/α,β-unsaturated/α-hetero) is 1. The minimum Gasteiger partial charge on any atom is -0.294 e. The minimum atomic E-state index is 0.116. The standard InChI is InChI=1S/C15H17BrN2O/c1-4-18-12(8-11(3)17-18)9-15(19)13-7-10(2)5-6-14(13)16/h5-8H,4,9H2,1-3H3. The molecule has 100 valence electrons. The zero-order valence-corrected chi connectivity index (χ0v) is 13.0. The van der Waals surface area contributed by atoms with E-state index in [-0.39, 0.29) is 5.78 Å². The lowest BCUT2D eigenvalue weighted by atomic mass is 10.0. The van der Waals surface area contributed by atoms with Crippen LogP contribution in [0.2, 0.25) is 0 Å². The van der Waals surface area contributed by atoms with Crippen molar-refractivity contribution in [2.45, 2.75) is 33.7 Å². The number of rotatable bonds is 4. The zero-order valence-electron chi connectivity index (χ0n) is 11.4. The van der Waals surface area contributed by atoms with Gasteiger partial charge in [-0.2, -0.15) is 5.10 Å². The van der Waals surface area contributed by atoms with Crippen molar-refractivity contribution in [2.75, 3.05) is 0 Å². The van der Waals surface area contributed by atoms with Gasteiger partial charge in [0, 0.05) is 22.3 Å². The van der Waals surface area contributed by atoms with E-state index in [1.54, 1.807) is 0 Å². The molecule has 2 rings (SSSR count). The fourth-order valence-electron chi connectivity index (χ4n) is 2.13. The maximum atomic E-state index is 12.4. The first kappa shape index (κ1) is 14.0. The number of ketones is 1. The van der Waals surface area contributed by atoms with E-state index in [0.717, 1.165) is 33.5 Å². The van der Waals surface area contributed by atoms with Crippen LogP contribution >= 0.6 is 15.9 Å². The molecule has 2 aromatic rings. The highest BCUT2D eigenvalue weighted by Crippen LogP contribution is 2.20. The van der Waals surface area contributed by atoms with Crippen molar-refractivity contribution < 1.29 is 4.79 Å². The van der Waals surface area contributed by atoms with Crippen LogP contribution in [0.3, 0.4) is 0 Å². The molecule has 1 aromatic heterocycles. The molecular weight excluding hydrogens is 304 g/mol. The van der Waals surface area contributed by atoms with Crippen molar-refractivity contribution in [3.8, 4) is 0 Å². The number of aryl methyl sites for hydroxylation is 3. The van der Waals surface area contributed by atoms with Gasteiger partial charge < -0.3 is 0 Å². The highest BCUT2D eigenvalue weighted by Gasteiger charge is 2.14. The summed E-state index contributed by atoms with van der Waals surface area (Å²) in [4.78, 5) is 12.4. The smallest absolute Gasteiger partial charge is 0.169 e. The van der Waals surface area contributed by atoms with Gasteiger partial charge in [-0.25, -0.2) is 0 Å². The second-order valence-corrected chi connectivity index (χ2v) is 5.53. The van der Waals surface area contributed by atoms with Crippen molar-refractivity contribution >= 4 is 21.7 Å². The number of carbonyl (C=O) groups excluding carboxylic acids is 1. The molecule has 0 unspecified atom stereocenters. The Morgan fingerprint density at radius 3 is 2.74 bits per heavy atom. The first-order valence-electron chi connectivity index (χ1n) is 6.34. The lowest BCUT2D eigenvalue weighted by Gasteiger charge is -2.06. The SMILES string of the molecule is CCn1nc(C)cc1CC(=O)c1cc(C)ccc1Br. The van der Waals surface area contributed by atoms with Gasteiger partial charge in [0.1, 0.15) is 0 Å². The van der Waals surface area contributed by atoms with Crippen molar-refractivity contribution in [3.05, 3.63) is 51.3 Å². The van der Waals surface area contributed by atoms with E-state index in [4.69, 9.17) is 0 Å². The number of hydrogen-bond donors (Lipinski definition) is 0. The zero-order chi connectivity index (χ0) is 14.0. The number of benzene rings is 1. The summed E-state index contributed by atoms with van der Waals surface area (Å²) in [6.45, 7) is 6.75. The molecule has 4 heteroatoms. The van der Waals surface area contributed by atoms with E-state index in [1.807, 2.05) is 49.7 Å². The molecule has 1 aromatic carbocycles. The van der Waals surface area contributed by atoms with Crippen LogP contribution < -0.4 is 0 Å². The molecular formula is C15H17BrN2O. The molecule has 0 amide bonds. The summed E-state index contributed by atoms with van der Waals surface area (Å²) in [5.74, 6) is 0.116. The maximum absolute atomic E-state index is 12.4. The lowest BCUT2D eigenvalue weighted by Crippen LogP contribution is -2.10. The van der Waals surface area contributed by atoms with Crippen LogP contribution in [-0.4, -0.2) is 15.6 Å². The molecule has 0 fully saturated rings. The summed E-state index contributed by atoms with van der Waals surface area (Å²) >= 11 is 3.44. The van der Waals surface area contributed by atoms with Gasteiger partial charge in [-0.1, -0.05) is 27.6 Å². The Bertz CT molecular complexity index is 617. The average molecular weight is 321 g/mol. The Hall–Kier alpha value is -1.42. The van der Waals surface area contributed by atoms with E-state index in [1.165, 1.54) is 0 Å². The summed E-state index contributed by atoms with van der Waals surface area (Å²) < 4.78 is 2.74. The van der Waals surface area contributed by atoms with Crippen molar-refractivity contribution in [1.29, 1.82) is 0 Å². The molecule has 0 aliphatic heterocycles. The molecule has 0 saturated heterocycles. The van der Waals surface area contributed by atoms with Gasteiger partial charge in [0.15, 0.2) is 5.78 Å². The molecule has 3 nitrogen and oxygen atoms in total. The molecule has 0 saturated carbocycles. The van der Waals surface area contributed by atoms with E-state index in [2.05, 4.69) is 21.0 Å². The fourth-order valence-corrected chi connectivity index (χ4v) is 2.60. The predicted molar refractivity (Wildman–Crippen MR) is 79.6 cm³/mol. The van der Waals surface area contributed by atoms with E-state index in [0.29, 0.717) is 6.42 Å². The van der Waals surface area contributed by atoms with Gasteiger partial charge in [-0.3, -0.25) is 9.48 Å². The van der Waals surface area contributed by atoms with Crippen LogP contribution in [0.25, 0.3) is 0 Å². The average Bonchev–Trinajstić information content (AvgIpc) is 2.72. The fraction of sp³-hybridized carbons (Fsp3) is 0.333. The summed E-state index contributed by atoms with van der Waals surface area (Å²) in [7, 11) is 0. The molecule has 0 atom stereocenters. The summed E-state index contributed by atoms with van der Waals surface area (Å²) in [5, 5.41) is 4.37. The number of aromatic nitrogens is 2. The molecule has 0 radical (unpaired) electrons. The highest BCUT2D eigenvalue weighted by atomic mass is 79.9. The van der Waals surface area contributed by atoms with Gasteiger partial charge in [0.2, 0.25) is 0 Å². The maximum Gasteiger partial charge on any atom is 0.169 e. The third-order valence-corrected chi connectivity index (χ3v) is 3.74. The first-order chi connectivity index (χ1) is 9.01. The van der Waals surface area contributed by atoms with Gasteiger partial charge in [0.05, 0.1) is 12.1 Å². The minimum absolute atomic E-state index is 0.116. The quantitative estimate of drug-likeness (QED) is 0.805. The number of nitrogens with zero attached hydrogens (tertiary/aromatic N) is 2. The van der Waals surface area contributed by atoms with E-state index >= 15 is 0 Å². The Kier molecular flexibility index (Phi) is 4.20. The van der Waals surface area contributed by atoms with Crippen LogP contribution in [0.1, 0.15) is 34.2 Å². The van der Waals surface area contributed by atoms with E-state index in [9.17, 15) is 4.79 Å². The monoisotopic (exact) mass is 320 g/mol. The molecule has 0 aliphatic carbocycles. The predicted octanol–water partition coefficient (Wildman–Crippen LogP) is 3.71. The Labute approximate surface area is 121 Å². The molecule has 0 N–H and O–H groups in total.